The molecule has 2 aliphatic rings. The number of carboxylic acid groups (broad SMARTS) is 1. The van der Waals surface area contributed by atoms with E-state index in [-0.39, 0.29) is 30.2 Å². The standard InChI is InChI=1S/C24H18F2N2O6.H2/c1-32-16-10-13(9-14(11-16)21(29)30)17-3-2-4-20(27-17)28-22(31)23(7-8-23)15-5-6-18-19(12-15)34-24(25,26)33-18;/h2-6,9-12H,7-8H2,1H3,(H,29,30)(H,27,28,31);1H. The van der Waals surface area contributed by atoms with Crippen LogP contribution in [0.4, 0.5) is 14.6 Å². The van der Waals surface area contributed by atoms with Crippen molar-refractivity contribution in [2.75, 3.05) is 12.4 Å². The molecule has 3 aromatic rings. The highest BCUT2D eigenvalue weighted by Gasteiger charge is 2.53. The van der Waals surface area contributed by atoms with Gasteiger partial charge in [0.25, 0.3) is 0 Å². The number of amides is 1. The van der Waals surface area contributed by atoms with E-state index in [0.717, 1.165) is 0 Å². The molecule has 1 aliphatic heterocycles. The number of hydrogen-bond acceptors (Lipinski definition) is 6. The van der Waals surface area contributed by atoms with Crippen molar-refractivity contribution in [1.29, 1.82) is 0 Å². The van der Waals surface area contributed by atoms with E-state index in [4.69, 9.17) is 4.74 Å². The molecule has 1 fully saturated rings. The van der Waals surface area contributed by atoms with Gasteiger partial charge in [-0.15, -0.1) is 8.78 Å². The number of benzene rings is 2. The highest BCUT2D eigenvalue weighted by molar-refractivity contribution is 6.01. The number of hydrogen-bond donors (Lipinski definition) is 2. The fraction of sp³-hybridized carbons (Fsp3) is 0.208. The minimum Gasteiger partial charge on any atom is -0.497 e. The van der Waals surface area contributed by atoms with Crippen molar-refractivity contribution in [3.8, 4) is 28.5 Å². The van der Waals surface area contributed by atoms with Crippen LogP contribution in [0.2, 0.25) is 0 Å². The summed E-state index contributed by atoms with van der Waals surface area (Å²) in [6.45, 7) is 0. The van der Waals surface area contributed by atoms with Crippen molar-refractivity contribution in [2.45, 2.75) is 24.6 Å². The predicted molar refractivity (Wildman–Crippen MR) is 117 cm³/mol. The van der Waals surface area contributed by atoms with E-state index in [2.05, 4.69) is 19.8 Å². The van der Waals surface area contributed by atoms with Crippen molar-refractivity contribution >= 4 is 17.7 Å². The summed E-state index contributed by atoms with van der Waals surface area (Å²) in [5.74, 6) is -1.02. The van der Waals surface area contributed by atoms with Crippen LogP contribution in [0.15, 0.2) is 54.6 Å². The molecule has 10 heteroatoms. The van der Waals surface area contributed by atoms with E-state index in [1.165, 1.54) is 31.4 Å². The smallest absolute Gasteiger partial charge is 0.497 e. The lowest BCUT2D eigenvalue weighted by Crippen LogP contribution is -2.28. The fourth-order valence-corrected chi connectivity index (χ4v) is 3.91. The number of anilines is 1. The van der Waals surface area contributed by atoms with Crippen LogP contribution >= 0.6 is 0 Å². The van der Waals surface area contributed by atoms with Crippen LogP contribution < -0.4 is 19.5 Å². The molecule has 2 heterocycles. The minimum atomic E-state index is -3.73. The molecule has 1 aliphatic carbocycles. The monoisotopic (exact) mass is 470 g/mol. The zero-order valence-electron chi connectivity index (χ0n) is 17.8. The molecule has 0 bridgehead atoms. The van der Waals surface area contributed by atoms with Crippen LogP contribution in [0.3, 0.4) is 0 Å². The molecule has 1 amide bonds. The first-order valence-electron chi connectivity index (χ1n) is 10.3. The van der Waals surface area contributed by atoms with Crippen molar-refractivity contribution in [1.82, 2.24) is 4.98 Å². The lowest BCUT2D eigenvalue weighted by atomic mass is 9.94. The summed E-state index contributed by atoms with van der Waals surface area (Å²) in [6, 6.07) is 13.8. The molecule has 34 heavy (non-hydrogen) atoms. The summed E-state index contributed by atoms with van der Waals surface area (Å²) in [5.41, 5.74) is 0.636. The van der Waals surface area contributed by atoms with E-state index < -0.39 is 17.7 Å². The Labute approximate surface area is 193 Å². The van der Waals surface area contributed by atoms with Gasteiger partial charge in [0.15, 0.2) is 11.5 Å². The van der Waals surface area contributed by atoms with Crippen molar-refractivity contribution in [3.63, 3.8) is 0 Å². The number of halogens is 2. The molecular formula is C24H20F2N2O6. The Balaban J connectivity index is 0.00000289. The summed E-state index contributed by atoms with van der Waals surface area (Å²) in [5, 5.41) is 12.1. The summed E-state index contributed by atoms with van der Waals surface area (Å²) in [4.78, 5) is 29.0. The van der Waals surface area contributed by atoms with Crippen LogP contribution in [0.1, 0.15) is 30.2 Å². The largest absolute Gasteiger partial charge is 0.586 e. The number of ether oxygens (including phenoxy) is 3. The van der Waals surface area contributed by atoms with E-state index in [1.54, 1.807) is 30.3 Å². The van der Waals surface area contributed by atoms with Gasteiger partial charge < -0.3 is 24.6 Å². The zero-order chi connectivity index (χ0) is 24.1. The second-order valence-electron chi connectivity index (χ2n) is 8.03. The Morgan fingerprint density at radius 2 is 1.85 bits per heavy atom. The van der Waals surface area contributed by atoms with E-state index in [9.17, 15) is 23.5 Å². The van der Waals surface area contributed by atoms with Gasteiger partial charge in [0.1, 0.15) is 11.6 Å². The molecule has 1 saturated carbocycles. The van der Waals surface area contributed by atoms with Gasteiger partial charge in [-0.05, 0) is 60.9 Å². The second-order valence-corrected chi connectivity index (χ2v) is 8.03. The molecule has 0 saturated heterocycles. The summed E-state index contributed by atoms with van der Waals surface area (Å²) >= 11 is 0. The molecule has 0 atom stereocenters. The van der Waals surface area contributed by atoms with Gasteiger partial charge in [0, 0.05) is 6.99 Å². The summed E-state index contributed by atoms with van der Waals surface area (Å²) < 4.78 is 40.8. The van der Waals surface area contributed by atoms with Crippen LogP contribution in [-0.4, -0.2) is 35.4 Å². The van der Waals surface area contributed by atoms with Crippen LogP contribution in [0.5, 0.6) is 17.2 Å². The molecule has 176 valence electrons. The quantitative estimate of drug-likeness (QED) is 0.538. The van der Waals surface area contributed by atoms with Gasteiger partial charge in [-0.2, -0.15) is 0 Å². The minimum absolute atomic E-state index is 0. The lowest BCUT2D eigenvalue weighted by Gasteiger charge is -2.16. The number of rotatable bonds is 6. The predicted octanol–water partition coefficient (Wildman–Crippen LogP) is 4.69. The molecule has 5 rings (SSSR count). The van der Waals surface area contributed by atoms with Crippen LogP contribution in [0.25, 0.3) is 11.3 Å². The zero-order valence-corrected chi connectivity index (χ0v) is 17.8. The van der Waals surface area contributed by atoms with Crippen molar-refractivity contribution in [3.05, 3.63) is 65.7 Å². The van der Waals surface area contributed by atoms with Gasteiger partial charge in [-0.1, -0.05) is 12.1 Å². The molecule has 2 N–H and O–H groups in total. The Kier molecular flexibility index (Phi) is 4.89. The lowest BCUT2D eigenvalue weighted by molar-refractivity contribution is -0.286. The number of aromatic nitrogens is 1. The third kappa shape index (κ3) is 3.87. The van der Waals surface area contributed by atoms with Crippen LogP contribution in [0, 0.1) is 0 Å². The average Bonchev–Trinajstić information content (AvgIpc) is 3.56. The van der Waals surface area contributed by atoms with Gasteiger partial charge in [-0.25, -0.2) is 9.78 Å². The highest BCUT2D eigenvalue weighted by Crippen LogP contribution is 2.52. The summed E-state index contributed by atoms with van der Waals surface area (Å²) in [6.07, 6.45) is -2.66. The van der Waals surface area contributed by atoms with Crippen LogP contribution in [-0.2, 0) is 10.2 Å². The number of nitrogens with one attached hydrogen (secondary N) is 1. The third-order valence-corrected chi connectivity index (χ3v) is 5.81. The van der Waals surface area contributed by atoms with Crippen molar-refractivity contribution in [2.24, 2.45) is 0 Å². The first-order valence-corrected chi connectivity index (χ1v) is 10.3. The SMILES string of the molecule is COc1cc(C(=O)O)cc(-c2cccc(NC(=O)C3(c4ccc5c(c4)OC(F)(F)O5)CC3)n2)c1.[HH]. The van der Waals surface area contributed by atoms with Gasteiger partial charge in [0.05, 0.1) is 23.8 Å². The molecule has 0 radical (unpaired) electrons. The first-order chi connectivity index (χ1) is 16.2. The number of aromatic carboxylic acids is 1. The maximum atomic E-state index is 13.3. The van der Waals surface area contributed by atoms with Crippen molar-refractivity contribution < 1.29 is 39.1 Å². The number of carbonyl (C=O) groups is 2. The molecule has 0 unspecified atom stereocenters. The Morgan fingerprint density at radius 3 is 2.56 bits per heavy atom. The van der Waals surface area contributed by atoms with Gasteiger partial charge >= 0.3 is 12.3 Å². The molecule has 8 nitrogen and oxygen atoms in total. The number of methoxy groups -OCH3 is 1. The number of alkyl halides is 2. The maximum absolute atomic E-state index is 13.3. The Morgan fingerprint density at radius 1 is 1.09 bits per heavy atom. The molecule has 1 aromatic heterocycles. The number of fused-ring (bicyclic) bond motifs is 1. The maximum Gasteiger partial charge on any atom is 0.586 e. The Hall–Kier alpha value is -4.21. The van der Waals surface area contributed by atoms with E-state index >= 15 is 0 Å². The van der Waals surface area contributed by atoms with E-state index in [1.807, 2.05) is 0 Å². The van der Waals surface area contributed by atoms with Gasteiger partial charge in [0.2, 0.25) is 5.91 Å². The highest BCUT2D eigenvalue weighted by atomic mass is 19.3. The van der Waals surface area contributed by atoms with E-state index in [0.29, 0.717) is 35.4 Å². The molecule has 2 aromatic carbocycles. The fourth-order valence-electron chi connectivity index (χ4n) is 3.91. The first kappa shape index (κ1) is 21.6. The molecule has 0 spiro atoms. The Bertz CT molecular complexity index is 1330. The second kappa shape index (κ2) is 7.68. The third-order valence-electron chi connectivity index (χ3n) is 5.81. The number of pyridine rings is 1. The topological polar surface area (TPSA) is 107 Å². The van der Waals surface area contributed by atoms with Gasteiger partial charge in [-0.3, -0.25) is 4.79 Å². The molecular weight excluding hydrogens is 450 g/mol. The number of carboxylic acids is 1. The number of nitrogens with zero attached hydrogens (tertiary/aromatic N) is 1. The summed E-state index contributed by atoms with van der Waals surface area (Å²) in [7, 11) is 1.43. The normalized spacial score (nSPS) is 16.6. The average molecular weight is 470 g/mol. The number of carbonyl (C=O) groups excluding carboxylic acids is 1.